The van der Waals surface area contributed by atoms with Gasteiger partial charge >= 0.3 is 6.18 Å². The fraction of sp³-hybridized carbons (Fsp3) is 0.467. The average Bonchev–Trinajstić information content (AvgIpc) is 3.12. The highest BCUT2D eigenvalue weighted by molar-refractivity contribution is 7.12. The van der Waals surface area contributed by atoms with Crippen molar-refractivity contribution in [1.82, 2.24) is 10.3 Å². The Morgan fingerprint density at radius 3 is 2.50 bits per heavy atom. The zero-order valence-corrected chi connectivity index (χ0v) is 14.7. The van der Waals surface area contributed by atoms with E-state index in [1.165, 1.54) is 23.6 Å². The van der Waals surface area contributed by atoms with E-state index in [-0.39, 0.29) is 6.54 Å². The van der Waals surface area contributed by atoms with Gasteiger partial charge in [-0.15, -0.1) is 22.7 Å². The van der Waals surface area contributed by atoms with E-state index in [0.717, 1.165) is 16.2 Å². The summed E-state index contributed by atoms with van der Waals surface area (Å²) in [6, 6.07) is 3.74. The Hall–Kier alpha value is -1.45. The molecule has 0 aliphatic heterocycles. The van der Waals surface area contributed by atoms with E-state index in [4.69, 9.17) is 0 Å². The molecule has 0 aliphatic carbocycles. The van der Waals surface area contributed by atoms with Crippen molar-refractivity contribution in [2.24, 2.45) is 0 Å². The van der Waals surface area contributed by atoms with Gasteiger partial charge in [0.05, 0.1) is 13.0 Å². The monoisotopic (exact) mass is 378 g/mol. The van der Waals surface area contributed by atoms with Crippen LogP contribution in [0.3, 0.4) is 0 Å². The lowest BCUT2D eigenvalue weighted by Crippen LogP contribution is -2.46. The molecule has 0 radical (unpaired) electrons. The van der Waals surface area contributed by atoms with E-state index >= 15 is 0 Å². The molecule has 0 bridgehead atoms. The Morgan fingerprint density at radius 1 is 1.33 bits per heavy atom. The molecular weight excluding hydrogens is 361 g/mol. The second-order valence-corrected chi connectivity index (χ2v) is 7.44. The van der Waals surface area contributed by atoms with Gasteiger partial charge < -0.3 is 10.4 Å². The van der Waals surface area contributed by atoms with Gasteiger partial charge in [0.1, 0.15) is 5.01 Å². The molecule has 2 heterocycles. The molecule has 0 unspecified atom stereocenters. The molecular formula is C15H17F3N2O2S2. The van der Waals surface area contributed by atoms with Gasteiger partial charge in [0, 0.05) is 20.8 Å². The maximum Gasteiger partial charge on any atom is 0.424 e. The fourth-order valence-electron chi connectivity index (χ4n) is 2.03. The van der Waals surface area contributed by atoms with Crippen LogP contribution in [0.5, 0.6) is 0 Å². The first-order valence-electron chi connectivity index (χ1n) is 7.21. The van der Waals surface area contributed by atoms with Crippen molar-refractivity contribution in [3.8, 4) is 0 Å². The minimum absolute atomic E-state index is 0.133. The average molecular weight is 378 g/mol. The molecule has 2 rings (SSSR count). The summed E-state index contributed by atoms with van der Waals surface area (Å²) in [5.74, 6) is -0.880. The largest absolute Gasteiger partial charge is 0.424 e. The number of alkyl halides is 3. The van der Waals surface area contributed by atoms with Gasteiger partial charge in [-0.05, 0) is 25.5 Å². The summed E-state index contributed by atoms with van der Waals surface area (Å²) >= 11 is 2.18. The topological polar surface area (TPSA) is 62.2 Å². The minimum atomic E-state index is -4.99. The van der Waals surface area contributed by atoms with Crippen LogP contribution in [-0.2, 0) is 23.4 Å². The number of thiazole rings is 1. The number of hydrogen-bond donors (Lipinski definition) is 2. The highest BCUT2D eigenvalue weighted by Crippen LogP contribution is 2.42. The SMILES string of the molecule is CCc1ccc(CNC(=O)C[C@](O)(c2nc(C)cs2)C(F)(F)F)s1. The molecule has 0 fully saturated rings. The number of carbonyl (C=O) groups excluding carboxylic acids is 1. The number of aliphatic hydroxyl groups is 1. The molecule has 4 nitrogen and oxygen atoms in total. The molecule has 0 saturated heterocycles. The third kappa shape index (κ3) is 4.14. The number of thiophene rings is 1. The van der Waals surface area contributed by atoms with Crippen LogP contribution in [0.25, 0.3) is 0 Å². The number of aryl methyl sites for hydroxylation is 2. The Kier molecular flexibility index (Phi) is 5.67. The lowest BCUT2D eigenvalue weighted by molar-refractivity contribution is -0.267. The molecule has 0 spiro atoms. The summed E-state index contributed by atoms with van der Waals surface area (Å²) < 4.78 is 39.9. The Bertz CT molecular complexity index is 712. The molecule has 132 valence electrons. The first-order valence-corrected chi connectivity index (χ1v) is 8.91. The van der Waals surface area contributed by atoms with E-state index in [0.29, 0.717) is 17.0 Å². The molecule has 1 amide bonds. The Balaban J connectivity index is 2.07. The summed E-state index contributed by atoms with van der Waals surface area (Å²) in [5.41, 5.74) is -2.91. The van der Waals surface area contributed by atoms with E-state index in [9.17, 15) is 23.1 Å². The second-order valence-electron chi connectivity index (χ2n) is 5.33. The molecule has 2 N–H and O–H groups in total. The second kappa shape index (κ2) is 7.20. The predicted molar refractivity (Wildman–Crippen MR) is 87.0 cm³/mol. The standard InChI is InChI=1S/C15H17F3N2O2S2/c1-3-10-4-5-11(24-10)7-19-12(21)6-14(22,15(16,17)18)13-20-9(2)8-23-13/h4-5,8,22H,3,6-7H2,1-2H3,(H,19,21)/t14-/m0/s1. The Labute approximate surface area is 145 Å². The van der Waals surface area contributed by atoms with Crippen LogP contribution in [0.2, 0.25) is 0 Å². The van der Waals surface area contributed by atoms with E-state index in [2.05, 4.69) is 10.3 Å². The van der Waals surface area contributed by atoms with Gasteiger partial charge in [-0.2, -0.15) is 13.2 Å². The lowest BCUT2D eigenvalue weighted by Gasteiger charge is -2.27. The molecule has 0 aliphatic rings. The predicted octanol–water partition coefficient (Wildman–Crippen LogP) is 3.53. The van der Waals surface area contributed by atoms with Crippen LogP contribution in [0.1, 0.15) is 33.8 Å². The molecule has 2 aromatic heterocycles. The number of aromatic nitrogens is 1. The summed E-state index contributed by atoms with van der Waals surface area (Å²) in [7, 11) is 0. The zero-order valence-electron chi connectivity index (χ0n) is 13.1. The number of halogens is 3. The zero-order chi connectivity index (χ0) is 18.0. The van der Waals surface area contributed by atoms with Crippen molar-refractivity contribution in [2.45, 2.75) is 45.0 Å². The molecule has 0 aromatic carbocycles. The van der Waals surface area contributed by atoms with Gasteiger partial charge in [0.2, 0.25) is 11.5 Å². The molecule has 2 aromatic rings. The van der Waals surface area contributed by atoms with Crippen molar-refractivity contribution >= 4 is 28.6 Å². The van der Waals surface area contributed by atoms with Crippen LogP contribution >= 0.6 is 22.7 Å². The van der Waals surface area contributed by atoms with E-state index in [1.54, 1.807) is 0 Å². The molecule has 1 atom stereocenters. The van der Waals surface area contributed by atoms with Crippen LogP contribution in [-0.4, -0.2) is 22.2 Å². The smallest absolute Gasteiger partial charge is 0.374 e. The first kappa shape index (κ1) is 18.9. The normalized spacial score (nSPS) is 14.4. The lowest BCUT2D eigenvalue weighted by atomic mass is 9.99. The number of nitrogens with one attached hydrogen (secondary N) is 1. The van der Waals surface area contributed by atoms with Gasteiger partial charge in [-0.25, -0.2) is 4.98 Å². The van der Waals surface area contributed by atoms with Gasteiger partial charge in [0.15, 0.2) is 0 Å². The fourth-order valence-corrected chi connectivity index (χ4v) is 3.84. The summed E-state index contributed by atoms with van der Waals surface area (Å²) in [6.07, 6.45) is -5.25. The Morgan fingerprint density at radius 2 is 2.00 bits per heavy atom. The number of nitrogens with zero attached hydrogens (tertiary/aromatic N) is 1. The van der Waals surface area contributed by atoms with Crippen LogP contribution in [0, 0.1) is 6.92 Å². The molecule has 9 heteroatoms. The third-order valence-corrected chi connectivity index (χ3v) is 5.72. The van der Waals surface area contributed by atoms with Crippen molar-refractivity contribution in [3.05, 3.63) is 38.0 Å². The van der Waals surface area contributed by atoms with Crippen molar-refractivity contribution in [3.63, 3.8) is 0 Å². The maximum atomic E-state index is 13.3. The van der Waals surface area contributed by atoms with Crippen LogP contribution < -0.4 is 5.32 Å². The first-order chi connectivity index (χ1) is 11.2. The number of rotatable bonds is 6. The van der Waals surface area contributed by atoms with Crippen LogP contribution in [0.4, 0.5) is 13.2 Å². The van der Waals surface area contributed by atoms with Crippen LogP contribution in [0.15, 0.2) is 17.5 Å². The highest BCUT2D eigenvalue weighted by Gasteiger charge is 2.58. The third-order valence-electron chi connectivity index (χ3n) is 3.38. The van der Waals surface area contributed by atoms with Gasteiger partial charge in [-0.1, -0.05) is 6.92 Å². The summed E-state index contributed by atoms with van der Waals surface area (Å²) in [4.78, 5) is 17.6. The highest BCUT2D eigenvalue weighted by atomic mass is 32.1. The van der Waals surface area contributed by atoms with E-state index < -0.39 is 29.1 Å². The summed E-state index contributed by atoms with van der Waals surface area (Å²) in [6.45, 7) is 3.65. The van der Waals surface area contributed by atoms with Crippen molar-refractivity contribution in [2.75, 3.05) is 0 Å². The van der Waals surface area contributed by atoms with E-state index in [1.807, 2.05) is 19.1 Å². The quantitative estimate of drug-likeness (QED) is 0.808. The number of hydrogen-bond acceptors (Lipinski definition) is 5. The number of carbonyl (C=O) groups is 1. The van der Waals surface area contributed by atoms with Gasteiger partial charge in [-0.3, -0.25) is 4.79 Å². The maximum absolute atomic E-state index is 13.3. The van der Waals surface area contributed by atoms with Crippen molar-refractivity contribution < 1.29 is 23.1 Å². The molecule has 0 saturated carbocycles. The number of amides is 1. The summed E-state index contributed by atoms with van der Waals surface area (Å²) in [5, 5.41) is 13.4. The van der Waals surface area contributed by atoms with Gasteiger partial charge in [0.25, 0.3) is 0 Å². The molecule has 24 heavy (non-hydrogen) atoms. The van der Waals surface area contributed by atoms with Crippen molar-refractivity contribution in [1.29, 1.82) is 0 Å². The minimum Gasteiger partial charge on any atom is -0.374 e.